The van der Waals surface area contributed by atoms with E-state index in [2.05, 4.69) is 0 Å². The smallest absolute Gasteiger partial charge is 0.306 e. The van der Waals surface area contributed by atoms with Crippen molar-refractivity contribution >= 4 is 11.9 Å². The van der Waals surface area contributed by atoms with Gasteiger partial charge in [0.25, 0.3) is 0 Å². The second kappa shape index (κ2) is 3.22. The minimum atomic E-state index is -0.665. The van der Waals surface area contributed by atoms with E-state index in [1.165, 1.54) is 0 Å². The summed E-state index contributed by atoms with van der Waals surface area (Å²) in [5, 5.41) is 18.0. The number of fused-ring (bicyclic) bond motifs is 4. The molecule has 3 aliphatic carbocycles. The van der Waals surface area contributed by atoms with Crippen LogP contribution in [0.1, 0.15) is 25.7 Å². The lowest BCUT2D eigenvalue weighted by Gasteiger charge is -2.45. The van der Waals surface area contributed by atoms with Crippen molar-refractivity contribution in [2.24, 2.45) is 35.5 Å². The number of hydrogen-bond donors (Lipinski definition) is 2. The van der Waals surface area contributed by atoms with Crippen LogP contribution in [0.4, 0.5) is 0 Å². The molecule has 3 fully saturated rings. The zero-order valence-corrected chi connectivity index (χ0v) is 9.00. The van der Waals surface area contributed by atoms with Gasteiger partial charge in [0, 0.05) is 0 Å². The zero-order chi connectivity index (χ0) is 11.4. The lowest BCUT2D eigenvalue weighted by molar-refractivity contribution is -0.142. The summed E-state index contributed by atoms with van der Waals surface area (Å²) in [5.41, 5.74) is 0. The Morgan fingerprint density at radius 3 is 1.12 bits per heavy atom. The molecule has 0 heterocycles. The van der Waals surface area contributed by atoms with Crippen LogP contribution in [0.25, 0.3) is 0 Å². The molecule has 0 atom stereocenters. The fourth-order valence-corrected chi connectivity index (χ4v) is 4.43. The van der Waals surface area contributed by atoms with E-state index in [1.54, 1.807) is 0 Å². The van der Waals surface area contributed by atoms with Crippen molar-refractivity contribution in [3.63, 3.8) is 0 Å². The van der Waals surface area contributed by atoms with E-state index >= 15 is 0 Å². The van der Waals surface area contributed by atoms with Gasteiger partial charge in [0.1, 0.15) is 0 Å². The Bertz CT molecular complexity index is 289. The van der Waals surface area contributed by atoms with Gasteiger partial charge in [-0.2, -0.15) is 0 Å². The molecule has 0 aliphatic heterocycles. The quantitative estimate of drug-likeness (QED) is 0.744. The summed E-state index contributed by atoms with van der Waals surface area (Å²) < 4.78 is 0. The molecule has 0 aromatic carbocycles. The van der Waals surface area contributed by atoms with Crippen molar-refractivity contribution in [2.75, 3.05) is 0 Å². The van der Waals surface area contributed by atoms with Crippen LogP contribution in [0.3, 0.4) is 0 Å². The lowest BCUT2D eigenvalue weighted by atomic mass is 9.60. The van der Waals surface area contributed by atoms with E-state index in [9.17, 15) is 9.59 Å². The van der Waals surface area contributed by atoms with E-state index in [1.807, 2.05) is 0 Å². The van der Waals surface area contributed by atoms with Crippen molar-refractivity contribution in [3.05, 3.63) is 0 Å². The van der Waals surface area contributed by atoms with Gasteiger partial charge in [-0.25, -0.2) is 0 Å². The highest BCUT2D eigenvalue weighted by Crippen LogP contribution is 2.64. The molecule has 0 radical (unpaired) electrons. The van der Waals surface area contributed by atoms with E-state index in [0.717, 1.165) is 25.7 Å². The van der Waals surface area contributed by atoms with Gasteiger partial charge in [0.2, 0.25) is 0 Å². The molecule has 0 unspecified atom stereocenters. The van der Waals surface area contributed by atoms with Crippen LogP contribution in [0.15, 0.2) is 0 Å². The third-order valence-electron chi connectivity index (χ3n) is 5.12. The minimum absolute atomic E-state index is 0.163. The van der Waals surface area contributed by atoms with Crippen LogP contribution in [0, 0.1) is 35.5 Å². The van der Waals surface area contributed by atoms with Gasteiger partial charge in [-0.15, -0.1) is 0 Å². The van der Waals surface area contributed by atoms with Crippen molar-refractivity contribution in [1.29, 1.82) is 0 Å². The maximum Gasteiger partial charge on any atom is 0.306 e. The molecule has 88 valence electrons. The highest BCUT2D eigenvalue weighted by Gasteiger charge is 2.60. The van der Waals surface area contributed by atoms with E-state index < -0.39 is 11.9 Å². The molecule has 16 heavy (non-hydrogen) atoms. The highest BCUT2D eigenvalue weighted by molar-refractivity contribution is 5.71. The number of carboxylic acids is 2. The van der Waals surface area contributed by atoms with Crippen molar-refractivity contribution in [3.8, 4) is 0 Å². The third-order valence-corrected chi connectivity index (χ3v) is 5.12. The average molecular weight is 224 g/mol. The van der Waals surface area contributed by atoms with Crippen LogP contribution < -0.4 is 0 Å². The molecular weight excluding hydrogens is 208 g/mol. The Balaban J connectivity index is 1.68. The fraction of sp³-hybridized carbons (Fsp3) is 0.833. The van der Waals surface area contributed by atoms with Gasteiger partial charge < -0.3 is 10.2 Å². The van der Waals surface area contributed by atoms with Crippen LogP contribution in [0.5, 0.6) is 0 Å². The first-order valence-corrected chi connectivity index (χ1v) is 6.03. The molecule has 4 nitrogen and oxygen atoms in total. The Labute approximate surface area is 93.6 Å². The van der Waals surface area contributed by atoms with E-state index in [-0.39, 0.29) is 11.8 Å². The highest BCUT2D eigenvalue weighted by atomic mass is 16.4. The molecule has 2 N–H and O–H groups in total. The second-order valence-electron chi connectivity index (χ2n) is 5.67. The van der Waals surface area contributed by atoms with Crippen LogP contribution >= 0.6 is 0 Å². The summed E-state index contributed by atoms with van der Waals surface area (Å²) >= 11 is 0. The summed E-state index contributed by atoms with van der Waals surface area (Å²) in [6.07, 6.45) is 3.14. The molecule has 0 amide bonds. The van der Waals surface area contributed by atoms with Gasteiger partial charge in [0.05, 0.1) is 11.8 Å². The molecule has 0 spiro atoms. The number of rotatable bonds is 2. The summed E-state index contributed by atoms with van der Waals surface area (Å²) in [6, 6.07) is 0. The van der Waals surface area contributed by atoms with Gasteiger partial charge in [0.15, 0.2) is 0 Å². The number of carbonyl (C=O) groups is 2. The van der Waals surface area contributed by atoms with Gasteiger partial charge >= 0.3 is 11.9 Å². The first kappa shape index (κ1) is 10.1. The van der Waals surface area contributed by atoms with Gasteiger partial charge in [-0.1, -0.05) is 0 Å². The molecule has 0 saturated heterocycles. The Kier molecular flexibility index (Phi) is 2.03. The summed E-state index contributed by atoms with van der Waals surface area (Å²) in [7, 11) is 0. The molecule has 3 saturated carbocycles. The predicted molar refractivity (Wildman–Crippen MR) is 54.7 cm³/mol. The average Bonchev–Trinajstić information content (AvgIpc) is 2.72. The summed E-state index contributed by atoms with van der Waals surface area (Å²) in [5.74, 6) is 0.383. The Hall–Kier alpha value is -1.06. The molecular formula is C12H16O4. The number of carboxylic acid groups (broad SMARTS) is 2. The van der Waals surface area contributed by atoms with Gasteiger partial charge in [-0.05, 0) is 49.4 Å². The van der Waals surface area contributed by atoms with Crippen LogP contribution in [-0.4, -0.2) is 22.2 Å². The molecule has 0 aromatic rings. The fourth-order valence-electron chi connectivity index (χ4n) is 4.43. The monoisotopic (exact) mass is 224 g/mol. The Morgan fingerprint density at radius 2 is 0.938 bits per heavy atom. The largest absolute Gasteiger partial charge is 0.481 e. The Morgan fingerprint density at radius 1 is 0.688 bits per heavy atom. The maximum atomic E-state index is 10.9. The zero-order valence-electron chi connectivity index (χ0n) is 9.00. The third kappa shape index (κ3) is 1.22. The topological polar surface area (TPSA) is 74.6 Å². The van der Waals surface area contributed by atoms with E-state index in [4.69, 9.17) is 10.2 Å². The first-order valence-electron chi connectivity index (χ1n) is 6.03. The lowest BCUT2D eigenvalue weighted by Crippen LogP contribution is -2.39. The normalized spacial score (nSPS) is 49.2. The van der Waals surface area contributed by atoms with Crippen molar-refractivity contribution in [2.45, 2.75) is 25.7 Å². The minimum Gasteiger partial charge on any atom is -0.481 e. The first-order chi connectivity index (χ1) is 7.58. The predicted octanol–water partition coefficient (Wildman–Crippen LogP) is 1.45. The molecule has 4 heteroatoms. The standard InChI is InChI=1S/C12H16O4/c13-11(14)5-1-7-8(2-5)10-4-6(12(15)16)3-9(7)10/h5-10H,1-4H2,(H,13,14)(H,15,16). The summed E-state index contributed by atoms with van der Waals surface area (Å²) in [4.78, 5) is 21.8. The van der Waals surface area contributed by atoms with Crippen LogP contribution in [-0.2, 0) is 9.59 Å². The van der Waals surface area contributed by atoms with Crippen LogP contribution in [0.2, 0.25) is 0 Å². The van der Waals surface area contributed by atoms with Crippen molar-refractivity contribution < 1.29 is 19.8 Å². The molecule has 3 aliphatic rings. The van der Waals surface area contributed by atoms with Crippen molar-refractivity contribution in [1.82, 2.24) is 0 Å². The second-order valence-corrected chi connectivity index (χ2v) is 5.67. The molecule has 0 aromatic heterocycles. The number of hydrogen-bond acceptors (Lipinski definition) is 2. The van der Waals surface area contributed by atoms with E-state index in [0.29, 0.717) is 23.7 Å². The maximum absolute atomic E-state index is 10.9. The molecule has 3 rings (SSSR count). The number of aliphatic carboxylic acids is 2. The molecule has 0 bridgehead atoms. The SMILES string of the molecule is O=C(O)C1CC2C(C1)C1CC(C(=O)O)CC21. The van der Waals surface area contributed by atoms with Gasteiger partial charge in [-0.3, -0.25) is 9.59 Å². The summed E-state index contributed by atoms with van der Waals surface area (Å²) in [6.45, 7) is 0.